The van der Waals surface area contributed by atoms with Gasteiger partial charge in [0.2, 0.25) is 0 Å². The molecule has 1 aliphatic heterocycles. The SMILES string of the molecule is C1=CC2=C[C@@H]2O1. The van der Waals surface area contributed by atoms with Crippen molar-refractivity contribution in [2.45, 2.75) is 6.10 Å². The van der Waals surface area contributed by atoms with Crippen LogP contribution in [-0.2, 0) is 4.74 Å². The minimum atomic E-state index is 0.394. The lowest BCUT2D eigenvalue weighted by atomic mass is 10.5. The van der Waals surface area contributed by atoms with Gasteiger partial charge in [-0.2, -0.15) is 0 Å². The third-order valence-electron chi connectivity index (χ3n) is 1.05. The quantitative estimate of drug-likeness (QED) is 0.419. The molecule has 0 amide bonds. The molecule has 1 nitrogen and oxygen atoms in total. The van der Waals surface area contributed by atoms with E-state index in [0.29, 0.717) is 6.10 Å². The maximum Gasteiger partial charge on any atom is 0.142 e. The van der Waals surface area contributed by atoms with Crippen molar-refractivity contribution in [1.29, 1.82) is 0 Å². The van der Waals surface area contributed by atoms with E-state index < -0.39 is 0 Å². The third kappa shape index (κ3) is 0.134. The van der Waals surface area contributed by atoms with Gasteiger partial charge in [0.15, 0.2) is 0 Å². The number of rotatable bonds is 0. The van der Waals surface area contributed by atoms with Crippen molar-refractivity contribution >= 4 is 0 Å². The van der Waals surface area contributed by atoms with E-state index in [9.17, 15) is 0 Å². The Hall–Kier alpha value is -0.720. The van der Waals surface area contributed by atoms with Crippen LogP contribution in [0.15, 0.2) is 24.0 Å². The minimum absolute atomic E-state index is 0.394. The predicted octanol–water partition coefficient (Wildman–Crippen LogP) is 0.839. The van der Waals surface area contributed by atoms with Crippen LogP contribution in [-0.4, -0.2) is 6.10 Å². The van der Waals surface area contributed by atoms with E-state index in [-0.39, 0.29) is 0 Å². The van der Waals surface area contributed by atoms with Gasteiger partial charge in [-0.1, -0.05) is 0 Å². The van der Waals surface area contributed by atoms with E-state index in [1.807, 2.05) is 6.08 Å². The first kappa shape index (κ1) is 2.45. The Morgan fingerprint density at radius 1 is 1.67 bits per heavy atom. The Morgan fingerprint density at radius 3 is 2.83 bits per heavy atom. The monoisotopic (exact) mass is 80.0 g/mol. The highest BCUT2D eigenvalue weighted by Crippen LogP contribution is 2.30. The van der Waals surface area contributed by atoms with Crippen LogP contribution in [0.25, 0.3) is 0 Å². The topological polar surface area (TPSA) is 9.23 Å². The molecule has 0 radical (unpaired) electrons. The fourth-order valence-corrected chi connectivity index (χ4v) is 0.597. The maximum atomic E-state index is 4.95. The number of fused-ring (bicyclic) bond motifs is 1. The number of ether oxygens (including phenoxy) is 1. The highest BCUT2D eigenvalue weighted by Gasteiger charge is 2.26. The lowest BCUT2D eigenvalue weighted by molar-refractivity contribution is 0.265. The summed E-state index contributed by atoms with van der Waals surface area (Å²) in [5.41, 5.74) is 1.34. The first-order valence-corrected chi connectivity index (χ1v) is 2.00. The van der Waals surface area contributed by atoms with E-state index in [0.717, 1.165) is 0 Å². The van der Waals surface area contributed by atoms with Crippen molar-refractivity contribution in [2.75, 3.05) is 0 Å². The Morgan fingerprint density at radius 2 is 2.67 bits per heavy atom. The molecule has 0 bridgehead atoms. The van der Waals surface area contributed by atoms with Crippen molar-refractivity contribution in [3.05, 3.63) is 24.0 Å². The second-order valence-electron chi connectivity index (χ2n) is 1.53. The summed E-state index contributed by atoms with van der Waals surface area (Å²) in [6, 6.07) is 0. The van der Waals surface area contributed by atoms with Crippen LogP contribution in [0, 0.1) is 0 Å². The van der Waals surface area contributed by atoms with Crippen molar-refractivity contribution in [3.8, 4) is 0 Å². The summed E-state index contributed by atoms with van der Waals surface area (Å²) < 4.78 is 4.95. The Kier molecular flexibility index (Phi) is 0.219. The smallest absolute Gasteiger partial charge is 0.142 e. The molecule has 1 heterocycles. The molecular weight excluding hydrogens is 76.1 g/mol. The zero-order valence-corrected chi connectivity index (χ0v) is 3.22. The van der Waals surface area contributed by atoms with E-state index >= 15 is 0 Å². The first-order valence-electron chi connectivity index (χ1n) is 2.00. The van der Waals surface area contributed by atoms with E-state index in [4.69, 9.17) is 4.74 Å². The van der Waals surface area contributed by atoms with Gasteiger partial charge in [0.05, 0.1) is 6.26 Å². The fraction of sp³-hybridized carbons (Fsp3) is 0.200. The highest BCUT2D eigenvalue weighted by molar-refractivity contribution is 5.44. The molecule has 0 saturated carbocycles. The second kappa shape index (κ2) is 0.535. The zero-order valence-electron chi connectivity index (χ0n) is 3.22. The molecule has 1 heteroatoms. The summed E-state index contributed by atoms with van der Waals surface area (Å²) in [5.74, 6) is 0. The summed E-state index contributed by atoms with van der Waals surface area (Å²) in [6.45, 7) is 0. The van der Waals surface area contributed by atoms with Gasteiger partial charge in [-0.15, -0.1) is 0 Å². The van der Waals surface area contributed by atoms with Gasteiger partial charge in [0.25, 0.3) is 0 Å². The molecule has 0 saturated heterocycles. The second-order valence-corrected chi connectivity index (χ2v) is 1.53. The van der Waals surface area contributed by atoms with Crippen molar-refractivity contribution in [1.82, 2.24) is 0 Å². The van der Waals surface area contributed by atoms with Crippen LogP contribution in [0.5, 0.6) is 0 Å². The van der Waals surface area contributed by atoms with Crippen molar-refractivity contribution < 1.29 is 4.74 Å². The fourth-order valence-electron chi connectivity index (χ4n) is 0.597. The summed E-state index contributed by atoms with van der Waals surface area (Å²) in [7, 11) is 0. The van der Waals surface area contributed by atoms with E-state index in [1.165, 1.54) is 5.57 Å². The van der Waals surface area contributed by atoms with Crippen LogP contribution in [0.2, 0.25) is 0 Å². The van der Waals surface area contributed by atoms with Crippen LogP contribution in [0.4, 0.5) is 0 Å². The van der Waals surface area contributed by atoms with Crippen LogP contribution in [0.1, 0.15) is 0 Å². The average Bonchev–Trinajstić information content (AvgIpc) is 2.17. The summed E-state index contributed by atoms with van der Waals surface area (Å²) in [6.07, 6.45) is 6.20. The lowest BCUT2D eigenvalue weighted by Gasteiger charge is -1.84. The molecule has 0 N–H and O–H groups in total. The molecule has 2 rings (SSSR count). The van der Waals surface area contributed by atoms with Crippen LogP contribution in [0.3, 0.4) is 0 Å². The molecule has 0 spiro atoms. The average molecular weight is 80.1 g/mol. The lowest BCUT2D eigenvalue weighted by Crippen LogP contribution is -1.79. The van der Waals surface area contributed by atoms with Gasteiger partial charge >= 0.3 is 0 Å². The molecule has 30 valence electrons. The van der Waals surface area contributed by atoms with Gasteiger partial charge in [-0.05, 0) is 17.7 Å². The zero-order chi connectivity index (χ0) is 3.98. The Balaban J connectivity index is 2.42. The van der Waals surface area contributed by atoms with E-state index in [1.54, 1.807) is 6.26 Å². The van der Waals surface area contributed by atoms with Gasteiger partial charge < -0.3 is 4.74 Å². The molecule has 1 atom stereocenters. The third-order valence-corrected chi connectivity index (χ3v) is 1.05. The number of hydrogen-bond acceptors (Lipinski definition) is 1. The summed E-state index contributed by atoms with van der Waals surface area (Å²) in [5, 5.41) is 0. The van der Waals surface area contributed by atoms with Gasteiger partial charge in [0.1, 0.15) is 6.10 Å². The Bertz CT molecular complexity index is 133. The van der Waals surface area contributed by atoms with Crippen LogP contribution < -0.4 is 0 Å². The molecule has 0 aromatic rings. The standard InChI is InChI=1S/C5H4O/c1-2-6-5-3-4(1)5/h1-3,5H/t5-/m0/s1. The molecule has 6 heavy (non-hydrogen) atoms. The van der Waals surface area contributed by atoms with Crippen molar-refractivity contribution in [3.63, 3.8) is 0 Å². The van der Waals surface area contributed by atoms with Gasteiger partial charge in [-0.3, -0.25) is 0 Å². The largest absolute Gasteiger partial charge is 0.489 e. The summed E-state index contributed by atoms with van der Waals surface area (Å²) >= 11 is 0. The summed E-state index contributed by atoms with van der Waals surface area (Å²) in [4.78, 5) is 0. The number of hydrogen-bond donors (Lipinski definition) is 0. The first-order chi connectivity index (χ1) is 2.97. The van der Waals surface area contributed by atoms with Crippen molar-refractivity contribution in [2.24, 2.45) is 0 Å². The van der Waals surface area contributed by atoms with Gasteiger partial charge in [-0.25, -0.2) is 0 Å². The molecule has 0 unspecified atom stereocenters. The van der Waals surface area contributed by atoms with Crippen LogP contribution >= 0.6 is 0 Å². The maximum absolute atomic E-state index is 4.95. The molecular formula is C5H4O. The minimum Gasteiger partial charge on any atom is -0.489 e. The molecule has 1 aliphatic carbocycles. The predicted molar refractivity (Wildman–Crippen MR) is 22.1 cm³/mol. The van der Waals surface area contributed by atoms with E-state index in [2.05, 4.69) is 6.08 Å². The Labute approximate surface area is 35.9 Å². The molecule has 2 aliphatic rings. The highest BCUT2D eigenvalue weighted by atomic mass is 16.5. The molecule has 0 aromatic heterocycles. The van der Waals surface area contributed by atoms with Gasteiger partial charge in [0, 0.05) is 0 Å². The molecule has 0 aromatic carbocycles. The normalized spacial score (nSPS) is 34.7. The molecule has 0 fully saturated rings.